The summed E-state index contributed by atoms with van der Waals surface area (Å²) in [6, 6.07) is 5.58. The molecule has 1 saturated heterocycles. The second kappa shape index (κ2) is 8.03. The van der Waals surface area contributed by atoms with Crippen LogP contribution in [0.4, 0.5) is 0 Å². The largest absolute Gasteiger partial charge is 0.376 e. The zero-order chi connectivity index (χ0) is 19.7. The Bertz CT molecular complexity index is 1110. The summed E-state index contributed by atoms with van der Waals surface area (Å²) in [4.78, 5) is 24.5. The molecule has 144 valence electrons. The van der Waals surface area contributed by atoms with Gasteiger partial charge in [0.2, 0.25) is 0 Å². The number of pyridine rings is 1. The first-order chi connectivity index (χ1) is 13.6. The summed E-state index contributed by atoms with van der Waals surface area (Å²) in [5.74, 6) is 0. The van der Waals surface area contributed by atoms with Gasteiger partial charge in [0.05, 0.1) is 23.6 Å². The lowest BCUT2D eigenvalue weighted by molar-refractivity contribution is 0.0937. The molecule has 28 heavy (non-hydrogen) atoms. The number of hydrogen-bond acceptors (Lipinski definition) is 7. The van der Waals surface area contributed by atoms with Crippen LogP contribution in [0, 0.1) is 18.3 Å². The zero-order valence-electron chi connectivity index (χ0n) is 15.8. The Morgan fingerprint density at radius 1 is 1.46 bits per heavy atom. The number of nitrogens with zero attached hydrogens (tertiary/aromatic N) is 4. The van der Waals surface area contributed by atoms with E-state index in [1.165, 1.54) is 18.0 Å². The number of thiophene rings is 1. The second-order valence-electron chi connectivity index (χ2n) is 6.71. The van der Waals surface area contributed by atoms with Crippen LogP contribution in [0.2, 0.25) is 0 Å². The average molecular weight is 413 g/mol. The van der Waals surface area contributed by atoms with E-state index >= 15 is 0 Å². The molecule has 1 atom stereocenters. The molecule has 0 N–H and O–H groups in total. The smallest absolute Gasteiger partial charge is 0.263 e. The molecule has 0 bridgehead atoms. The molecule has 1 fully saturated rings. The normalized spacial score (nSPS) is 16.5. The van der Waals surface area contributed by atoms with Gasteiger partial charge in [0, 0.05) is 17.7 Å². The lowest BCUT2D eigenvalue weighted by Crippen LogP contribution is -2.28. The molecule has 0 saturated carbocycles. The number of aryl methyl sites for hydroxylation is 2. The first-order valence-corrected chi connectivity index (χ1v) is 10.9. The quantitative estimate of drug-likeness (QED) is 0.591. The van der Waals surface area contributed by atoms with Gasteiger partial charge in [-0.2, -0.15) is 5.26 Å². The van der Waals surface area contributed by atoms with E-state index in [1.54, 1.807) is 28.0 Å². The van der Waals surface area contributed by atoms with E-state index in [4.69, 9.17) is 15.0 Å². The third-order valence-corrected chi connectivity index (χ3v) is 6.89. The maximum Gasteiger partial charge on any atom is 0.263 e. The molecule has 4 rings (SSSR count). The van der Waals surface area contributed by atoms with Crippen molar-refractivity contribution in [3.05, 3.63) is 44.7 Å². The zero-order valence-corrected chi connectivity index (χ0v) is 17.4. The molecule has 4 heterocycles. The summed E-state index contributed by atoms with van der Waals surface area (Å²) in [7, 11) is 0. The summed E-state index contributed by atoms with van der Waals surface area (Å²) >= 11 is 2.92. The molecule has 3 aromatic heterocycles. The van der Waals surface area contributed by atoms with E-state index in [2.05, 4.69) is 18.0 Å². The number of hydrogen-bond donors (Lipinski definition) is 0. The molecule has 0 unspecified atom stereocenters. The first kappa shape index (κ1) is 19.1. The Kier molecular flexibility index (Phi) is 5.49. The number of rotatable bonds is 5. The molecular formula is C20H20N4O2S2. The highest BCUT2D eigenvalue weighted by Crippen LogP contribution is 2.32. The van der Waals surface area contributed by atoms with Crippen LogP contribution in [0.1, 0.15) is 35.8 Å². The van der Waals surface area contributed by atoms with Crippen LogP contribution in [0.3, 0.4) is 0 Å². The summed E-state index contributed by atoms with van der Waals surface area (Å²) < 4.78 is 7.52. The van der Waals surface area contributed by atoms with Crippen molar-refractivity contribution in [2.45, 2.75) is 55.9 Å². The minimum absolute atomic E-state index is 0.00200. The monoisotopic (exact) mass is 412 g/mol. The Morgan fingerprint density at radius 2 is 2.32 bits per heavy atom. The van der Waals surface area contributed by atoms with Gasteiger partial charge in [-0.1, -0.05) is 6.92 Å². The molecule has 0 amide bonds. The van der Waals surface area contributed by atoms with Crippen molar-refractivity contribution in [1.29, 1.82) is 5.26 Å². The van der Waals surface area contributed by atoms with Crippen molar-refractivity contribution >= 4 is 33.3 Å². The Balaban J connectivity index is 1.82. The van der Waals surface area contributed by atoms with Gasteiger partial charge in [0.15, 0.2) is 5.16 Å². The van der Waals surface area contributed by atoms with Gasteiger partial charge in [0.25, 0.3) is 5.56 Å². The fourth-order valence-corrected chi connectivity index (χ4v) is 5.48. The summed E-state index contributed by atoms with van der Waals surface area (Å²) in [5, 5.41) is 11.0. The third kappa shape index (κ3) is 3.58. The minimum Gasteiger partial charge on any atom is -0.376 e. The molecule has 0 spiro atoms. The molecule has 0 aliphatic carbocycles. The molecule has 3 aromatic rings. The van der Waals surface area contributed by atoms with Gasteiger partial charge < -0.3 is 4.74 Å². The summed E-state index contributed by atoms with van der Waals surface area (Å²) in [6.07, 6.45) is 4.36. The summed E-state index contributed by atoms with van der Waals surface area (Å²) in [5.41, 5.74) is 1.59. The fourth-order valence-electron chi connectivity index (χ4n) is 3.49. The maximum atomic E-state index is 13.4. The van der Waals surface area contributed by atoms with Gasteiger partial charge >= 0.3 is 0 Å². The van der Waals surface area contributed by atoms with Crippen LogP contribution in [-0.4, -0.2) is 27.2 Å². The SMILES string of the molecule is CCc1c(C)sc2nc(Sc3ccc(C#N)cn3)n(C[C@@H]3CCCO3)c(=O)c12. The van der Waals surface area contributed by atoms with E-state index < -0.39 is 0 Å². The van der Waals surface area contributed by atoms with Crippen molar-refractivity contribution in [3.63, 3.8) is 0 Å². The van der Waals surface area contributed by atoms with Crippen molar-refractivity contribution in [2.75, 3.05) is 6.61 Å². The highest BCUT2D eigenvalue weighted by atomic mass is 32.2. The molecule has 6 nitrogen and oxygen atoms in total. The number of fused-ring (bicyclic) bond motifs is 1. The van der Waals surface area contributed by atoms with Gasteiger partial charge in [-0.15, -0.1) is 11.3 Å². The van der Waals surface area contributed by atoms with Crippen LogP contribution in [0.25, 0.3) is 10.2 Å². The van der Waals surface area contributed by atoms with Crippen molar-refractivity contribution in [3.8, 4) is 6.07 Å². The number of nitriles is 1. The van der Waals surface area contributed by atoms with Gasteiger partial charge in [0.1, 0.15) is 15.9 Å². The molecule has 1 aliphatic rings. The number of ether oxygens (including phenoxy) is 1. The molecule has 8 heteroatoms. The van der Waals surface area contributed by atoms with E-state index in [-0.39, 0.29) is 11.7 Å². The highest BCUT2D eigenvalue weighted by molar-refractivity contribution is 7.99. The van der Waals surface area contributed by atoms with Crippen molar-refractivity contribution in [1.82, 2.24) is 14.5 Å². The Hall–Kier alpha value is -2.21. The fraction of sp³-hybridized carbons (Fsp3) is 0.400. The molecule has 1 aliphatic heterocycles. The molecule has 0 radical (unpaired) electrons. The van der Waals surface area contributed by atoms with Crippen LogP contribution >= 0.6 is 23.1 Å². The molecular weight excluding hydrogens is 392 g/mol. The lowest BCUT2D eigenvalue weighted by Gasteiger charge is -2.15. The van der Waals surface area contributed by atoms with Crippen molar-refractivity contribution in [2.24, 2.45) is 0 Å². The highest BCUT2D eigenvalue weighted by Gasteiger charge is 2.23. The van der Waals surface area contributed by atoms with E-state index in [1.807, 2.05) is 6.92 Å². The summed E-state index contributed by atoms with van der Waals surface area (Å²) in [6.45, 7) is 5.36. The average Bonchev–Trinajstić information content (AvgIpc) is 3.32. The van der Waals surface area contributed by atoms with E-state index in [9.17, 15) is 4.79 Å². The molecule has 0 aromatic carbocycles. The lowest BCUT2D eigenvalue weighted by atomic mass is 10.1. The number of aromatic nitrogens is 3. The van der Waals surface area contributed by atoms with Crippen LogP contribution in [0.5, 0.6) is 0 Å². The van der Waals surface area contributed by atoms with Crippen LogP contribution < -0.4 is 5.56 Å². The Morgan fingerprint density at radius 3 is 2.96 bits per heavy atom. The van der Waals surface area contributed by atoms with E-state index in [0.717, 1.165) is 46.5 Å². The van der Waals surface area contributed by atoms with Gasteiger partial charge in [-0.25, -0.2) is 9.97 Å². The second-order valence-corrected chi connectivity index (χ2v) is 8.91. The van der Waals surface area contributed by atoms with E-state index in [0.29, 0.717) is 22.3 Å². The predicted molar refractivity (Wildman–Crippen MR) is 110 cm³/mol. The van der Waals surface area contributed by atoms with Gasteiger partial charge in [-0.3, -0.25) is 9.36 Å². The van der Waals surface area contributed by atoms with Crippen molar-refractivity contribution < 1.29 is 4.74 Å². The van der Waals surface area contributed by atoms with Crippen LogP contribution in [0.15, 0.2) is 33.3 Å². The minimum atomic E-state index is -0.00200. The maximum absolute atomic E-state index is 13.4. The van der Waals surface area contributed by atoms with Crippen LogP contribution in [-0.2, 0) is 17.7 Å². The topological polar surface area (TPSA) is 80.8 Å². The predicted octanol–water partition coefficient (Wildman–Crippen LogP) is 3.93. The van der Waals surface area contributed by atoms with Gasteiger partial charge in [-0.05, 0) is 55.6 Å². The first-order valence-electron chi connectivity index (χ1n) is 9.29. The third-order valence-electron chi connectivity index (χ3n) is 4.90. The Labute approximate surface area is 171 Å². The standard InChI is InChI=1S/C20H20N4O2S2/c1-3-15-12(2)27-18-17(15)19(25)24(11-14-5-4-8-26-14)20(23-18)28-16-7-6-13(9-21)10-22-16/h6-7,10,14H,3-5,8,11H2,1-2H3/t14-/m0/s1.